The third kappa shape index (κ3) is 9.66. The molecule has 0 saturated heterocycles. The maximum atomic E-state index is 6.66. The molecule has 42 heavy (non-hydrogen) atoms. The van der Waals surface area contributed by atoms with E-state index in [1.165, 1.54) is 0 Å². The first-order valence-electron chi connectivity index (χ1n) is 11.3. The van der Waals surface area contributed by atoms with Gasteiger partial charge in [-0.3, -0.25) is 0 Å². The molecule has 0 unspecified atom stereocenters. The first kappa shape index (κ1) is 35.2. The van der Waals surface area contributed by atoms with Crippen molar-refractivity contribution >= 4 is 132 Å². The Bertz CT molecular complexity index is 1600. The normalized spacial score (nSPS) is 13.1. The molecule has 0 aliphatic carbocycles. The van der Waals surface area contributed by atoms with Crippen molar-refractivity contribution < 1.29 is 4.68 Å². The van der Waals surface area contributed by atoms with Crippen LogP contribution in [0.4, 0.5) is 0 Å². The van der Waals surface area contributed by atoms with Crippen molar-refractivity contribution in [2.75, 3.05) is 0 Å². The van der Waals surface area contributed by atoms with Crippen LogP contribution in [0.2, 0.25) is 30.1 Å². The van der Waals surface area contributed by atoms with E-state index in [4.69, 9.17) is 128 Å². The van der Waals surface area contributed by atoms with E-state index in [9.17, 15) is 0 Å². The van der Waals surface area contributed by atoms with Crippen LogP contribution >= 0.6 is 123 Å². The monoisotopic (exact) mass is 909 g/mol. The molecule has 5 rings (SSSR count). The summed E-state index contributed by atoms with van der Waals surface area (Å²) in [5.41, 5.74) is 4.14. The standard InChI is InChI=1S/C26H14Cl6N3.6ClH.Sb/c27-17-11-19(29)25(20(30)12-17)34-23(15-7-3-1-4-8-15)24(16-9-5-2-6-10-16)35(33-34)26-21(31)13-18(28)14-22(26)32;;;;;;;/h1-14H;6*1H;/q+1;;;;;;;+5/p-6. The summed E-state index contributed by atoms with van der Waals surface area (Å²) in [6.07, 6.45) is 0. The van der Waals surface area contributed by atoms with Gasteiger partial charge in [-0.15, -0.1) is 0 Å². The van der Waals surface area contributed by atoms with Gasteiger partial charge in [-0.05, 0) is 24.3 Å². The van der Waals surface area contributed by atoms with E-state index < -0.39 is 9.14 Å². The molecule has 0 saturated carbocycles. The van der Waals surface area contributed by atoms with Crippen LogP contribution in [0.5, 0.6) is 0 Å². The van der Waals surface area contributed by atoms with Gasteiger partial charge in [0.25, 0.3) is 0 Å². The maximum absolute atomic E-state index is 6.66. The van der Waals surface area contributed by atoms with Crippen molar-refractivity contribution in [3.63, 3.8) is 0 Å². The predicted octanol–water partition coefficient (Wildman–Crippen LogP) is 13.2. The Labute approximate surface area is 291 Å². The van der Waals surface area contributed by atoms with Gasteiger partial charge >= 0.3 is 62.1 Å². The number of hydrogen-bond acceptors (Lipinski definition) is 1. The van der Waals surface area contributed by atoms with Gasteiger partial charge in [0.05, 0.1) is 20.1 Å². The second kappa shape index (κ2) is 12.8. The van der Waals surface area contributed by atoms with Gasteiger partial charge in [0.15, 0.2) is 11.4 Å². The third-order valence-corrected chi connectivity index (χ3v) is 6.90. The van der Waals surface area contributed by atoms with Crippen LogP contribution in [0.1, 0.15) is 0 Å². The molecule has 16 heteroatoms. The van der Waals surface area contributed by atoms with E-state index in [1.807, 2.05) is 60.7 Å². The summed E-state index contributed by atoms with van der Waals surface area (Å²) >= 11 is 39.0. The number of hydrogen-bond donors (Lipinski definition) is 0. The van der Waals surface area contributed by atoms with Crippen LogP contribution in [0.25, 0.3) is 33.9 Å². The number of aromatic nitrogens is 3. The fourth-order valence-electron chi connectivity index (χ4n) is 3.88. The summed E-state index contributed by atoms with van der Waals surface area (Å²) in [5, 5.41) is 7.09. The molecule has 1 heterocycles. The average molecular weight is 916 g/mol. The molecule has 0 amide bonds. The summed E-state index contributed by atoms with van der Waals surface area (Å²) in [7, 11) is 25.0. The quantitative estimate of drug-likeness (QED) is 0.130. The fraction of sp³-hybridized carbons (Fsp3) is 0. The summed E-state index contributed by atoms with van der Waals surface area (Å²) in [6.45, 7) is 0. The van der Waals surface area contributed by atoms with Gasteiger partial charge in [0, 0.05) is 21.2 Å². The van der Waals surface area contributed by atoms with Gasteiger partial charge in [-0.2, -0.15) is 0 Å². The van der Waals surface area contributed by atoms with E-state index in [-0.39, 0.29) is 0 Å². The first-order valence-corrected chi connectivity index (χ1v) is 33.0. The Balaban J connectivity index is 0.000000517. The van der Waals surface area contributed by atoms with Gasteiger partial charge in [0.1, 0.15) is 5.21 Å². The SMILES string of the molecule is Clc1cc(Cl)c(-n2n[n+](-c3c(Cl)cc(Cl)cc3Cl)c(-c3ccccc3)c2-c2ccccc2)c(Cl)c1.[Cl][Sb-]([Cl])([Cl])([Cl])([Cl])[Cl]. The van der Waals surface area contributed by atoms with Crippen molar-refractivity contribution in [2.24, 2.45) is 0 Å². The molecular weight excluding hydrogens is 902 g/mol. The van der Waals surface area contributed by atoms with Crippen molar-refractivity contribution in [3.8, 4) is 33.9 Å². The van der Waals surface area contributed by atoms with E-state index in [0.29, 0.717) is 41.5 Å². The second-order valence-electron chi connectivity index (χ2n) is 8.54. The number of nitrogens with zero attached hydrogens (tertiary/aromatic N) is 3. The summed E-state index contributed by atoms with van der Waals surface area (Å²) in [4.78, 5) is 0. The molecule has 0 aliphatic rings. The number of rotatable bonds is 4. The Morgan fingerprint density at radius 3 is 1.36 bits per heavy atom. The summed E-state index contributed by atoms with van der Waals surface area (Å²) in [6, 6.07) is 26.1. The minimum atomic E-state index is -5.42. The van der Waals surface area contributed by atoms with E-state index in [2.05, 4.69) is 0 Å². The molecule has 0 spiro atoms. The summed E-state index contributed by atoms with van der Waals surface area (Å²) in [5.74, 6) is 0. The topological polar surface area (TPSA) is 21.7 Å². The van der Waals surface area contributed by atoms with Crippen LogP contribution in [0.15, 0.2) is 84.9 Å². The van der Waals surface area contributed by atoms with Crippen LogP contribution < -0.4 is 4.68 Å². The Morgan fingerprint density at radius 2 is 0.929 bits per heavy atom. The zero-order valence-electron chi connectivity index (χ0n) is 20.4. The first-order chi connectivity index (χ1) is 19.3. The third-order valence-electron chi connectivity index (χ3n) is 5.31. The van der Waals surface area contributed by atoms with Crippen LogP contribution in [-0.2, 0) is 0 Å². The van der Waals surface area contributed by atoms with Crippen LogP contribution in [0.3, 0.4) is 0 Å². The van der Waals surface area contributed by atoms with E-state index in [1.54, 1.807) is 33.6 Å². The molecule has 3 nitrogen and oxygen atoms in total. The molecule has 0 radical (unpaired) electrons. The Hall–Kier alpha value is 0.318. The average Bonchev–Trinajstić information content (AvgIpc) is 3.21. The molecule has 4 aromatic carbocycles. The number of halogens is 12. The van der Waals surface area contributed by atoms with Crippen LogP contribution in [-0.4, -0.2) is 19.0 Å². The Morgan fingerprint density at radius 1 is 0.548 bits per heavy atom. The molecule has 5 aromatic rings. The van der Waals surface area contributed by atoms with Crippen LogP contribution in [0, 0.1) is 0 Å². The molecule has 0 N–H and O–H groups in total. The zero-order chi connectivity index (χ0) is 31.1. The van der Waals surface area contributed by atoms with Gasteiger partial charge in [0.2, 0.25) is 11.4 Å². The number of benzene rings is 4. The van der Waals surface area contributed by atoms with Crippen molar-refractivity contribution in [2.45, 2.75) is 0 Å². The Kier molecular flexibility index (Phi) is 10.8. The molecular formula is C26H14Cl12N3Sb. The van der Waals surface area contributed by atoms with E-state index in [0.717, 1.165) is 22.5 Å². The van der Waals surface area contributed by atoms with Crippen molar-refractivity contribution in [1.82, 2.24) is 9.90 Å². The predicted molar refractivity (Wildman–Crippen MR) is 187 cm³/mol. The molecule has 1 aromatic heterocycles. The van der Waals surface area contributed by atoms with Gasteiger partial charge in [-0.25, -0.2) is 0 Å². The second-order valence-corrected chi connectivity index (χ2v) is 67.9. The molecule has 0 fully saturated rings. The molecule has 0 atom stereocenters. The molecule has 0 bridgehead atoms. The van der Waals surface area contributed by atoms with Gasteiger partial charge in [-0.1, -0.05) is 140 Å². The fourth-order valence-corrected chi connectivity index (χ4v) is 5.83. The molecule has 0 aliphatic heterocycles. The molecule has 222 valence electrons. The summed E-state index contributed by atoms with van der Waals surface area (Å²) < 4.78 is 3.36. The zero-order valence-corrected chi connectivity index (χ0v) is 32.0. The van der Waals surface area contributed by atoms with Crippen molar-refractivity contribution in [1.29, 1.82) is 0 Å². The van der Waals surface area contributed by atoms with Gasteiger partial charge < -0.3 is 0 Å². The minimum absolute atomic E-state index is 0.335. The van der Waals surface area contributed by atoms with Crippen molar-refractivity contribution in [3.05, 3.63) is 115 Å². The van der Waals surface area contributed by atoms with E-state index >= 15 is 0 Å².